The van der Waals surface area contributed by atoms with E-state index < -0.39 is 48.4 Å². The third-order valence-corrected chi connectivity index (χ3v) is 4.87. The van der Waals surface area contributed by atoms with Crippen molar-refractivity contribution in [3.8, 4) is 0 Å². The van der Waals surface area contributed by atoms with Crippen LogP contribution in [0.3, 0.4) is 0 Å². The van der Waals surface area contributed by atoms with Crippen molar-refractivity contribution in [2.24, 2.45) is 5.73 Å². The molecule has 2 rings (SSSR count). The number of imidazole rings is 1. The molecule has 172 valence electrons. The molecule has 0 aliphatic carbocycles. The van der Waals surface area contributed by atoms with Gasteiger partial charge in [0.1, 0.15) is 18.6 Å². The lowest BCUT2D eigenvalue weighted by Gasteiger charge is -2.24. The summed E-state index contributed by atoms with van der Waals surface area (Å²) in [6, 6.07) is 5.98. The fourth-order valence-electron chi connectivity index (χ4n) is 2.80. The van der Waals surface area contributed by atoms with E-state index in [4.69, 9.17) is 10.8 Å². The average Bonchev–Trinajstić information content (AvgIpc) is 3.29. The molecule has 32 heavy (non-hydrogen) atoms. The van der Waals surface area contributed by atoms with Gasteiger partial charge in [-0.1, -0.05) is 30.3 Å². The molecule has 0 saturated carbocycles. The Labute approximate surface area is 190 Å². The van der Waals surface area contributed by atoms with Crippen LogP contribution < -0.4 is 21.7 Å². The molecule has 0 aliphatic heterocycles. The SMILES string of the molecule is NC(CS)C(=O)NC(Cc1ccccc1)C(=O)NC(Cc1cnc[nH]1)C(=O)NCC(=O)O. The Morgan fingerprint density at radius 2 is 1.69 bits per heavy atom. The number of nitrogens with zero attached hydrogens (tertiary/aromatic N) is 1. The number of H-pyrrole nitrogens is 1. The van der Waals surface area contributed by atoms with Crippen molar-refractivity contribution in [1.82, 2.24) is 25.9 Å². The van der Waals surface area contributed by atoms with E-state index in [9.17, 15) is 19.2 Å². The zero-order valence-corrected chi connectivity index (χ0v) is 18.0. The van der Waals surface area contributed by atoms with Crippen molar-refractivity contribution in [2.45, 2.75) is 31.0 Å². The van der Waals surface area contributed by atoms with Crippen LogP contribution >= 0.6 is 12.6 Å². The highest BCUT2D eigenvalue weighted by atomic mass is 32.1. The van der Waals surface area contributed by atoms with Gasteiger partial charge in [-0.15, -0.1) is 0 Å². The maximum absolute atomic E-state index is 13.1. The molecule has 2 aromatic rings. The number of nitrogens with two attached hydrogens (primary N) is 1. The summed E-state index contributed by atoms with van der Waals surface area (Å²) < 4.78 is 0. The Balaban J connectivity index is 2.19. The van der Waals surface area contributed by atoms with E-state index in [0.717, 1.165) is 5.56 Å². The van der Waals surface area contributed by atoms with Crippen LogP contribution in [0.2, 0.25) is 0 Å². The third-order valence-electron chi connectivity index (χ3n) is 4.47. The second-order valence-corrected chi connectivity index (χ2v) is 7.36. The largest absolute Gasteiger partial charge is 0.480 e. The average molecular weight is 463 g/mol. The molecular weight excluding hydrogens is 436 g/mol. The summed E-state index contributed by atoms with van der Waals surface area (Å²) in [5.41, 5.74) is 7.06. The summed E-state index contributed by atoms with van der Waals surface area (Å²) >= 11 is 4.00. The quantitative estimate of drug-likeness (QED) is 0.190. The molecule has 1 aromatic heterocycles. The number of aromatic nitrogens is 2. The van der Waals surface area contributed by atoms with Crippen molar-refractivity contribution in [2.75, 3.05) is 12.3 Å². The molecule has 3 unspecified atom stereocenters. The number of hydrogen-bond acceptors (Lipinski definition) is 7. The second-order valence-electron chi connectivity index (χ2n) is 6.99. The Hall–Kier alpha value is -3.38. The second kappa shape index (κ2) is 12.5. The summed E-state index contributed by atoms with van der Waals surface area (Å²) in [7, 11) is 0. The molecule has 0 saturated heterocycles. The lowest BCUT2D eigenvalue weighted by molar-refractivity contribution is -0.138. The third kappa shape index (κ3) is 8.04. The molecule has 3 atom stereocenters. The number of nitrogens with one attached hydrogen (secondary N) is 4. The highest BCUT2D eigenvalue weighted by molar-refractivity contribution is 7.80. The van der Waals surface area contributed by atoms with Gasteiger partial charge in [-0.25, -0.2) is 4.98 Å². The Bertz CT molecular complexity index is 908. The number of amides is 3. The number of aromatic amines is 1. The number of carbonyl (C=O) groups is 4. The molecule has 0 radical (unpaired) electrons. The van der Waals surface area contributed by atoms with Crippen molar-refractivity contribution in [3.63, 3.8) is 0 Å². The van der Waals surface area contributed by atoms with Gasteiger partial charge in [0.25, 0.3) is 0 Å². The van der Waals surface area contributed by atoms with Gasteiger partial charge >= 0.3 is 5.97 Å². The summed E-state index contributed by atoms with van der Waals surface area (Å²) in [5, 5.41) is 16.3. The van der Waals surface area contributed by atoms with E-state index in [0.29, 0.717) is 5.69 Å². The van der Waals surface area contributed by atoms with Crippen molar-refractivity contribution >= 4 is 36.3 Å². The minimum atomic E-state index is -1.22. The lowest BCUT2D eigenvalue weighted by atomic mass is 10.0. The van der Waals surface area contributed by atoms with Crippen LogP contribution in [0.5, 0.6) is 0 Å². The molecule has 3 amide bonds. The normalized spacial score (nSPS) is 13.4. The molecule has 0 aliphatic rings. The van der Waals surface area contributed by atoms with Gasteiger partial charge in [0, 0.05) is 30.5 Å². The molecule has 0 spiro atoms. The van der Waals surface area contributed by atoms with Gasteiger partial charge in [0.05, 0.1) is 12.4 Å². The minimum absolute atomic E-state index is 0.0410. The van der Waals surface area contributed by atoms with E-state index in [1.807, 2.05) is 6.07 Å². The van der Waals surface area contributed by atoms with E-state index in [-0.39, 0.29) is 18.6 Å². The number of benzene rings is 1. The number of aliphatic carboxylic acids is 1. The molecule has 0 fully saturated rings. The standard InChI is InChI=1S/C20H26N6O5S/c21-14(10-32)18(29)25-15(6-12-4-2-1-3-5-12)20(31)26-16(7-13-8-22-11-24-13)19(30)23-9-17(27)28/h1-5,8,11,14-16,32H,6-7,9-10,21H2,(H,22,24)(H,23,30)(H,25,29)(H,26,31)(H,27,28). The molecule has 12 heteroatoms. The van der Waals surface area contributed by atoms with Crippen LogP contribution in [0.1, 0.15) is 11.3 Å². The Kier molecular flexibility index (Phi) is 9.70. The van der Waals surface area contributed by atoms with Gasteiger partial charge in [-0.05, 0) is 5.56 Å². The summed E-state index contributed by atoms with van der Waals surface area (Å²) in [6.45, 7) is -0.602. The number of hydrogen-bond donors (Lipinski definition) is 7. The first kappa shape index (κ1) is 24.9. The van der Waals surface area contributed by atoms with E-state index in [2.05, 4.69) is 38.5 Å². The number of rotatable bonds is 12. The summed E-state index contributed by atoms with van der Waals surface area (Å²) in [5.74, 6) is -3.00. The minimum Gasteiger partial charge on any atom is -0.480 e. The predicted molar refractivity (Wildman–Crippen MR) is 119 cm³/mol. The van der Waals surface area contributed by atoms with Crippen LogP contribution in [-0.4, -0.2) is 69.2 Å². The Morgan fingerprint density at radius 1 is 1.03 bits per heavy atom. The van der Waals surface area contributed by atoms with Crippen LogP contribution in [-0.2, 0) is 32.0 Å². The zero-order chi connectivity index (χ0) is 23.5. The molecule has 1 aromatic carbocycles. The first-order valence-electron chi connectivity index (χ1n) is 9.78. The van der Waals surface area contributed by atoms with Crippen LogP contribution in [0.25, 0.3) is 0 Å². The zero-order valence-electron chi connectivity index (χ0n) is 17.2. The van der Waals surface area contributed by atoms with Crippen LogP contribution in [0.4, 0.5) is 0 Å². The molecule has 0 bridgehead atoms. The van der Waals surface area contributed by atoms with Gasteiger partial charge in [-0.3, -0.25) is 19.2 Å². The monoisotopic (exact) mass is 462 g/mol. The van der Waals surface area contributed by atoms with Crippen molar-refractivity contribution < 1.29 is 24.3 Å². The molecule has 1 heterocycles. The summed E-state index contributed by atoms with van der Waals surface area (Å²) in [6.07, 6.45) is 3.10. The number of carbonyl (C=O) groups excluding carboxylic acids is 3. The fraction of sp³-hybridized carbons (Fsp3) is 0.350. The highest BCUT2D eigenvalue weighted by Crippen LogP contribution is 2.06. The highest BCUT2D eigenvalue weighted by Gasteiger charge is 2.28. The van der Waals surface area contributed by atoms with Gasteiger partial charge in [0.2, 0.25) is 17.7 Å². The van der Waals surface area contributed by atoms with Gasteiger partial charge in [0.15, 0.2) is 0 Å². The van der Waals surface area contributed by atoms with Crippen molar-refractivity contribution in [1.29, 1.82) is 0 Å². The molecule has 7 N–H and O–H groups in total. The predicted octanol–water partition coefficient (Wildman–Crippen LogP) is -1.38. The maximum atomic E-state index is 13.1. The van der Waals surface area contributed by atoms with Crippen molar-refractivity contribution in [3.05, 3.63) is 54.1 Å². The van der Waals surface area contributed by atoms with E-state index in [1.165, 1.54) is 12.5 Å². The van der Waals surface area contributed by atoms with E-state index >= 15 is 0 Å². The smallest absolute Gasteiger partial charge is 0.322 e. The molecular formula is C20H26N6O5S. The lowest BCUT2D eigenvalue weighted by Crippen LogP contribution is -2.57. The van der Waals surface area contributed by atoms with Gasteiger partial charge in [-0.2, -0.15) is 12.6 Å². The van der Waals surface area contributed by atoms with Crippen LogP contribution in [0, 0.1) is 0 Å². The first-order valence-corrected chi connectivity index (χ1v) is 10.4. The topological polar surface area (TPSA) is 179 Å². The number of carboxylic acid groups (broad SMARTS) is 1. The number of carboxylic acids is 1. The fourth-order valence-corrected chi connectivity index (χ4v) is 2.97. The van der Waals surface area contributed by atoms with Gasteiger partial charge < -0.3 is 31.8 Å². The Morgan fingerprint density at radius 3 is 2.28 bits per heavy atom. The summed E-state index contributed by atoms with van der Waals surface area (Å²) in [4.78, 5) is 55.4. The maximum Gasteiger partial charge on any atom is 0.322 e. The van der Waals surface area contributed by atoms with E-state index in [1.54, 1.807) is 24.3 Å². The first-order chi connectivity index (χ1) is 15.3. The number of thiol groups is 1. The molecule has 11 nitrogen and oxygen atoms in total. The van der Waals surface area contributed by atoms with Crippen LogP contribution in [0.15, 0.2) is 42.9 Å².